The van der Waals surface area contributed by atoms with Gasteiger partial charge in [-0.15, -0.1) is 11.3 Å². The number of rotatable bonds is 3. The molecule has 92 valence electrons. The zero-order valence-corrected chi connectivity index (χ0v) is 11.1. The van der Waals surface area contributed by atoms with Crippen LogP contribution in [0.15, 0.2) is 6.07 Å². The minimum Gasteiger partial charge on any atom is -0.481 e. The number of Topliss-reactive ketones (excluding diaryl/α,β-unsaturated/α-hetero) is 1. The van der Waals surface area contributed by atoms with Crippen molar-refractivity contribution >= 4 is 46.3 Å². The molecule has 17 heavy (non-hydrogen) atoms. The Morgan fingerprint density at radius 2 is 1.94 bits per heavy atom. The van der Waals surface area contributed by atoms with Gasteiger partial charge in [0, 0.05) is 11.5 Å². The van der Waals surface area contributed by atoms with Crippen molar-refractivity contribution < 1.29 is 14.7 Å². The Hall–Kier alpha value is -0.580. The molecule has 2 unspecified atom stereocenters. The Morgan fingerprint density at radius 1 is 1.29 bits per heavy atom. The average molecular weight is 293 g/mol. The quantitative estimate of drug-likeness (QED) is 0.864. The van der Waals surface area contributed by atoms with E-state index in [4.69, 9.17) is 28.3 Å². The molecule has 1 N–H and O–H groups in total. The highest BCUT2D eigenvalue weighted by Crippen LogP contribution is 2.38. The molecule has 2 rings (SSSR count). The highest BCUT2D eigenvalue weighted by Gasteiger charge is 2.38. The largest absolute Gasteiger partial charge is 0.481 e. The second-order valence-corrected chi connectivity index (χ2v) is 6.37. The molecule has 1 aliphatic rings. The van der Waals surface area contributed by atoms with Gasteiger partial charge in [0.15, 0.2) is 5.78 Å². The lowest BCUT2D eigenvalue weighted by Crippen LogP contribution is -2.25. The van der Waals surface area contributed by atoms with Crippen LogP contribution >= 0.6 is 34.5 Å². The molecule has 0 amide bonds. The molecule has 3 nitrogen and oxygen atoms in total. The highest BCUT2D eigenvalue weighted by molar-refractivity contribution is 7.20. The first kappa shape index (κ1) is 12.9. The molecule has 0 aliphatic heterocycles. The number of carbonyl (C=O) groups excluding carboxylic acids is 1. The minimum atomic E-state index is -0.904. The van der Waals surface area contributed by atoms with Gasteiger partial charge in [-0.25, -0.2) is 0 Å². The van der Waals surface area contributed by atoms with E-state index in [2.05, 4.69) is 0 Å². The van der Waals surface area contributed by atoms with Crippen molar-refractivity contribution in [3.05, 3.63) is 20.3 Å². The molecule has 1 fully saturated rings. The van der Waals surface area contributed by atoms with Gasteiger partial charge in [-0.2, -0.15) is 0 Å². The van der Waals surface area contributed by atoms with E-state index in [-0.39, 0.29) is 5.78 Å². The number of carbonyl (C=O) groups is 2. The summed E-state index contributed by atoms with van der Waals surface area (Å²) in [4.78, 5) is 23.2. The normalized spacial score (nSPS) is 23.9. The van der Waals surface area contributed by atoms with Gasteiger partial charge in [0.25, 0.3) is 0 Å². The molecular weight excluding hydrogens is 283 g/mol. The monoisotopic (exact) mass is 292 g/mol. The molecule has 0 bridgehead atoms. The predicted octanol–water partition coefficient (Wildman–Crippen LogP) is 3.74. The van der Waals surface area contributed by atoms with E-state index in [1.165, 1.54) is 6.07 Å². The summed E-state index contributed by atoms with van der Waals surface area (Å²) in [5, 5.41) is 9.05. The van der Waals surface area contributed by atoms with Crippen LogP contribution < -0.4 is 0 Å². The van der Waals surface area contributed by atoms with Crippen LogP contribution in [0.2, 0.25) is 8.67 Å². The smallest absolute Gasteiger partial charge is 0.307 e. The van der Waals surface area contributed by atoms with Gasteiger partial charge in [-0.1, -0.05) is 29.6 Å². The van der Waals surface area contributed by atoms with Crippen LogP contribution in [0.25, 0.3) is 0 Å². The molecule has 6 heteroatoms. The predicted molar refractivity (Wildman–Crippen MR) is 67.1 cm³/mol. The van der Waals surface area contributed by atoms with Crippen LogP contribution in [-0.4, -0.2) is 16.9 Å². The highest BCUT2D eigenvalue weighted by atomic mass is 35.5. The minimum absolute atomic E-state index is 0.192. The lowest BCUT2D eigenvalue weighted by molar-refractivity contribution is -0.142. The molecular formula is C11H10Cl2O3S. The standard InChI is InChI=1S/C11H10Cl2O3S/c12-8-4-7(10(13)17-8)9(14)5-2-1-3-6(5)11(15)16/h4-6H,1-3H2,(H,15,16). The number of hydrogen-bond donors (Lipinski definition) is 1. The zero-order chi connectivity index (χ0) is 12.6. The summed E-state index contributed by atoms with van der Waals surface area (Å²) >= 11 is 12.8. The van der Waals surface area contributed by atoms with E-state index >= 15 is 0 Å². The molecule has 1 aliphatic carbocycles. The fourth-order valence-electron chi connectivity index (χ4n) is 2.28. The number of carboxylic acids is 1. The molecule has 0 spiro atoms. The number of carboxylic acid groups (broad SMARTS) is 1. The maximum Gasteiger partial charge on any atom is 0.307 e. The molecule has 0 radical (unpaired) electrons. The first-order valence-electron chi connectivity index (χ1n) is 5.22. The second-order valence-electron chi connectivity index (χ2n) is 4.08. The van der Waals surface area contributed by atoms with Crippen molar-refractivity contribution in [1.29, 1.82) is 0 Å². The van der Waals surface area contributed by atoms with Gasteiger partial charge >= 0.3 is 5.97 Å². The fraction of sp³-hybridized carbons (Fsp3) is 0.455. The molecule has 2 atom stereocenters. The van der Waals surface area contributed by atoms with Gasteiger partial charge in [0.2, 0.25) is 0 Å². The van der Waals surface area contributed by atoms with E-state index in [0.29, 0.717) is 27.1 Å². The zero-order valence-electron chi connectivity index (χ0n) is 8.78. The number of aliphatic carboxylic acids is 1. The van der Waals surface area contributed by atoms with Crippen LogP contribution in [0, 0.1) is 11.8 Å². The molecule has 1 aromatic rings. The maximum atomic E-state index is 12.2. The van der Waals surface area contributed by atoms with Gasteiger partial charge in [0.05, 0.1) is 10.3 Å². The van der Waals surface area contributed by atoms with Crippen molar-refractivity contribution in [1.82, 2.24) is 0 Å². The lowest BCUT2D eigenvalue weighted by Gasteiger charge is -2.13. The summed E-state index contributed by atoms with van der Waals surface area (Å²) in [7, 11) is 0. The molecule has 1 heterocycles. The summed E-state index contributed by atoms with van der Waals surface area (Å²) in [6.45, 7) is 0. The van der Waals surface area contributed by atoms with Crippen LogP contribution in [0.3, 0.4) is 0 Å². The topological polar surface area (TPSA) is 54.4 Å². The van der Waals surface area contributed by atoms with Gasteiger partial charge in [0.1, 0.15) is 4.34 Å². The van der Waals surface area contributed by atoms with Crippen molar-refractivity contribution in [3.63, 3.8) is 0 Å². The maximum absolute atomic E-state index is 12.2. The van der Waals surface area contributed by atoms with Crippen molar-refractivity contribution in [2.24, 2.45) is 11.8 Å². The van der Waals surface area contributed by atoms with E-state index in [0.717, 1.165) is 17.8 Å². The van der Waals surface area contributed by atoms with Crippen LogP contribution in [0.4, 0.5) is 0 Å². The third-order valence-corrected chi connectivity index (χ3v) is 4.58. The van der Waals surface area contributed by atoms with Gasteiger partial charge in [-0.05, 0) is 18.9 Å². The lowest BCUT2D eigenvalue weighted by atomic mass is 9.89. The number of thiophene rings is 1. The Bertz CT molecular complexity index is 469. The van der Waals surface area contributed by atoms with Crippen LogP contribution in [-0.2, 0) is 4.79 Å². The van der Waals surface area contributed by atoms with Gasteiger partial charge in [-0.3, -0.25) is 9.59 Å². The Morgan fingerprint density at radius 3 is 2.47 bits per heavy atom. The second kappa shape index (κ2) is 4.96. The first-order valence-corrected chi connectivity index (χ1v) is 6.80. The van der Waals surface area contributed by atoms with Crippen molar-refractivity contribution in [2.75, 3.05) is 0 Å². The Labute approximate surface area is 112 Å². The summed E-state index contributed by atoms with van der Waals surface area (Å²) in [5.74, 6) is -2.14. The van der Waals surface area contributed by atoms with E-state index in [1.54, 1.807) is 0 Å². The van der Waals surface area contributed by atoms with Gasteiger partial charge < -0.3 is 5.11 Å². The SMILES string of the molecule is O=C(O)C1CCCC1C(=O)c1cc(Cl)sc1Cl. The molecule has 0 saturated heterocycles. The summed E-state index contributed by atoms with van der Waals surface area (Å²) in [6.07, 6.45) is 1.93. The van der Waals surface area contributed by atoms with Crippen molar-refractivity contribution in [2.45, 2.75) is 19.3 Å². The number of hydrogen-bond acceptors (Lipinski definition) is 3. The Balaban J connectivity index is 2.25. The van der Waals surface area contributed by atoms with E-state index in [9.17, 15) is 9.59 Å². The average Bonchev–Trinajstić information content (AvgIpc) is 2.83. The summed E-state index contributed by atoms with van der Waals surface area (Å²) in [6, 6.07) is 1.52. The van der Waals surface area contributed by atoms with Crippen molar-refractivity contribution in [3.8, 4) is 0 Å². The Kier molecular flexibility index (Phi) is 3.76. The number of ketones is 1. The summed E-state index contributed by atoms with van der Waals surface area (Å²) in [5.41, 5.74) is 0.361. The molecule has 0 aromatic carbocycles. The van der Waals surface area contributed by atoms with Crippen LogP contribution in [0.5, 0.6) is 0 Å². The fourth-order valence-corrected chi connectivity index (χ4v) is 3.75. The van der Waals surface area contributed by atoms with Crippen LogP contribution in [0.1, 0.15) is 29.6 Å². The molecule has 1 aromatic heterocycles. The summed E-state index contributed by atoms with van der Waals surface area (Å²) < 4.78 is 0.791. The van der Waals surface area contributed by atoms with E-state index < -0.39 is 17.8 Å². The first-order chi connectivity index (χ1) is 8.00. The third-order valence-electron chi connectivity index (χ3n) is 3.09. The van der Waals surface area contributed by atoms with E-state index in [1.807, 2.05) is 0 Å². The number of halogens is 2. The third kappa shape index (κ3) is 2.49. The molecule has 1 saturated carbocycles.